The number of imidazole rings is 1. The molecule has 4 rings (SSSR count). The highest BCUT2D eigenvalue weighted by Gasteiger charge is 2.15. The average molecular weight is 361 g/mol. The maximum Gasteiger partial charge on any atom is 0.100 e. The highest BCUT2D eigenvalue weighted by molar-refractivity contribution is 5.79. The van der Waals surface area contributed by atoms with Crippen LogP contribution in [0.1, 0.15) is 44.0 Å². The monoisotopic (exact) mass is 360 g/mol. The van der Waals surface area contributed by atoms with Crippen molar-refractivity contribution >= 4 is 11.0 Å². The Hall–Kier alpha value is -3.38. The van der Waals surface area contributed by atoms with E-state index in [9.17, 15) is 5.26 Å². The highest BCUT2D eigenvalue weighted by atomic mass is 15.0. The molecule has 0 saturated carbocycles. The molecule has 0 radical (unpaired) electrons. The highest BCUT2D eigenvalue weighted by Crippen LogP contribution is 2.29. The molecule has 4 aromatic rings. The van der Waals surface area contributed by atoms with E-state index in [1.54, 1.807) is 16.7 Å². The lowest BCUT2D eigenvalue weighted by Crippen LogP contribution is -2.10. The Morgan fingerprint density at radius 1 is 1.00 bits per heavy atom. The first-order valence-corrected chi connectivity index (χ1v) is 8.30. The average Bonchev–Trinajstić information content (AvgIpc) is 3.20. The second-order valence-electron chi connectivity index (χ2n) is 6.28. The van der Waals surface area contributed by atoms with E-state index in [1.165, 1.54) is 24.5 Å². The summed E-state index contributed by atoms with van der Waals surface area (Å²) in [5, 5.41) is 9.45. The first kappa shape index (κ1) is 9.53. The standard InChI is InChI=1S/C24H21N3/c1-24(2,3)19-11-12-23-22(14-19)26-16-27(23)20-9-6-8-17(13-20)21-10-5-4-7-18(21)15-25/h4-14,16H,1-3H3/i1D3,2D3,3D3. The molecule has 3 nitrogen and oxygen atoms in total. The van der Waals surface area contributed by atoms with Gasteiger partial charge in [0.05, 0.1) is 22.7 Å². The molecule has 0 aliphatic carbocycles. The lowest BCUT2D eigenvalue weighted by Gasteiger charge is -2.18. The quantitative estimate of drug-likeness (QED) is 0.449. The van der Waals surface area contributed by atoms with Crippen LogP contribution in [0.15, 0.2) is 73.1 Å². The number of fused-ring (bicyclic) bond motifs is 1. The molecule has 3 aromatic carbocycles. The number of benzene rings is 3. The van der Waals surface area contributed by atoms with Gasteiger partial charge in [-0.2, -0.15) is 5.26 Å². The summed E-state index contributed by atoms with van der Waals surface area (Å²) in [6.45, 7) is -10.0. The van der Waals surface area contributed by atoms with E-state index in [0.29, 0.717) is 16.8 Å². The lowest BCUT2D eigenvalue weighted by atomic mass is 9.87. The summed E-state index contributed by atoms with van der Waals surface area (Å²) in [5.41, 5.74) is 0.107. The van der Waals surface area contributed by atoms with Gasteiger partial charge in [-0.25, -0.2) is 4.98 Å². The Balaban J connectivity index is 1.88. The Labute approximate surface area is 172 Å². The maximum atomic E-state index is 9.45. The molecule has 0 spiro atoms. The third-order valence-corrected chi connectivity index (χ3v) is 4.46. The molecule has 0 saturated heterocycles. The number of aromatic nitrogens is 2. The van der Waals surface area contributed by atoms with E-state index in [1.807, 2.05) is 36.4 Å². The molecule has 0 bridgehead atoms. The fourth-order valence-electron chi connectivity index (χ4n) is 3.11. The third-order valence-electron chi connectivity index (χ3n) is 4.46. The van der Waals surface area contributed by atoms with Crippen LogP contribution in [0.25, 0.3) is 27.8 Å². The van der Waals surface area contributed by atoms with Gasteiger partial charge in [-0.3, -0.25) is 4.57 Å². The number of hydrogen-bond acceptors (Lipinski definition) is 2. The van der Waals surface area contributed by atoms with Crippen molar-refractivity contribution in [2.75, 3.05) is 0 Å². The van der Waals surface area contributed by atoms with E-state index in [0.717, 1.165) is 11.1 Å². The summed E-state index contributed by atoms with van der Waals surface area (Å²) in [7, 11) is 0. The van der Waals surface area contributed by atoms with Gasteiger partial charge in [-0.05, 0) is 52.4 Å². The molecule has 132 valence electrons. The van der Waals surface area contributed by atoms with Gasteiger partial charge in [0.1, 0.15) is 6.33 Å². The zero-order chi connectivity index (χ0) is 26.5. The summed E-state index contributed by atoms with van der Waals surface area (Å²) >= 11 is 0. The SMILES string of the molecule is [2H]C([2H])([2H])C(c1ccc2c(c1)ncn2-c1cccc(-c2ccccc2C#N)c1)(C([2H])([2H])[2H])C([2H])([2H])[2H]. The molecule has 0 aliphatic heterocycles. The van der Waals surface area contributed by atoms with Crippen LogP contribution in [-0.2, 0) is 5.41 Å². The maximum absolute atomic E-state index is 9.45. The molecule has 0 amide bonds. The van der Waals surface area contributed by atoms with Gasteiger partial charge in [-0.15, -0.1) is 0 Å². The minimum Gasteiger partial charge on any atom is -0.299 e. The fourth-order valence-corrected chi connectivity index (χ4v) is 3.11. The minimum atomic E-state index is -3.35. The summed E-state index contributed by atoms with van der Waals surface area (Å²) in [6, 6.07) is 20.7. The summed E-state index contributed by atoms with van der Waals surface area (Å²) in [5.74, 6) is 0. The van der Waals surface area contributed by atoms with E-state index >= 15 is 0 Å². The van der Waals surface area contributed by atoms with Crippen LogP contribution in [0.3, 0.4) is 0 Å². The van der Waals surface area contributed by atoms with Gasteiger partial charge >= 0.3 is 0 Å². The van der Waals surface area contributed by atoms with Crippen LogP contribution < -0.4 is 0 Å². The second kappa shape index (κ2) is 6.41. The molecule has 27 heavy (non-hydrogen) atoms. The van der Waals surface area contributed by atoms with E-state index < -0.39 is 26.0 Å². The topological polar surface area (TPSA) is 41.6 Å². The lowest BCUT2D eigenvalue weighted by molar-refractivity contribution is 0.591. The van der Waals surface area contributed by atoms with Crippen LogP contribution >= 0.6 is 0 Å². The molecular formula is C24H21N3. The number of nitriles is 1. The van der Waals surface area contributed by atoms with Gasteiger partial charge in [0, 0.05) is 18.0 Å². The Bertz CT molecular complexity index is 1440. The van der Waals surface area contributed by atoms with Crippen LogP contribution in [0.4, 0.5) is 0 Å². The molecule has 0 N–H and O–H groups in total. The van der Waals surface area contributed by atoms with Crippen LogP contribution in [0, 0.1) is 11.3 Å². The Kier molecular flexibility index (Phi) is 2.26. The molecule has 0 unspecified atom stereocenters. The Morgan fingerprint density at radius 3 is 2.67 bits per heavy atom. The van der Waals surface area contributed by atoms with Crippen molar-refractivity contribution in [1.82, 2.24) is 9.55 Å². The number of rotatable bonds is 2. The van der Waals surface area contributed by atoms with Gasteiger partial charge in [0.15, 0.2) is 0 Å². The van der Waals surface area contributed by atoms with Crippen molar-refractivity contribution in [1.29, 1.82) is 5.26 Å². The van der Waals surface area contributed by atoms with Crippen molar-refractivity contribution in [3.8, 4) is 22.9 Å². The first-order valence-electron chi connectivity index (χ1n) is 12.8. The van der Waals surface area contributed by atoms with Gasteiger partial charge < -0.3 is 0 Å². The zero-order valence-corrected chi connectivity index (χ0v) is 14.3. The second-order valence-corrected chi connectivity index (χ2v) is 6.28. The normalized spacial score (nSPS) is 17.8. The minimum absolute atomic E-state index is 0.248. The molecule has 3 heteroatoms. The largest absolute Gasteiger partial charge is 0.299 e. The van der Waals surface area contributed by atoms with Crippen molar-refractivity contribution in [2.24, 2.45) is 0 Å². The molecular weight excluding hydrogens is 330 g/mol. The van der Waals surface area contributed by atoms with Crippen molar-refractivity contribution in [3.63, 3.8) is 0 Å². The molecule has 0 fully saturated rings. The van der Waals surface area contributed by atoms with Gasteiger partial charge in [-0.1, -0.05) is 57.0 Å². The van der Waals surface area contributed by atoms with Crippen LogP contribution in [0.2, 0.25) is 0 Å². The van der Waals surface area contributed by atoms with Crippen LogP contribution in [0.5, 0.6) is 0 Å². The molecule has 0 atom stereocenters. The van der Waals surface area contributed by atoms with E-state index in [4.69, 9.17) is 12.3 Å². The molecule has 1 aromatic heterocycles. The van der Waals surface area contributed by atoms with Gasteiger partial charge in [0.25, 0.3) is 0 Å². The van der Waals surface area contributed by atoms with Crippen molar-refractivity contribution in [2.45, 2.75) is 26.0 Å². The van der Waals surface area contributed by atoms with Gasteiger partial charge in [0.2, 0.25) is 0 Å². The van der Waals surface area contributed by atoms with Crippen molar-refractivity contribution in [3.05, 3.63) is 84.2 Å². The first-order chi connectivity index (χ1) is 16.7. The zero-order valence-electron chi connectivity index (χ0n) is 23.3. The summed E-state index contributed by atoms with van der Waals surface area (Å²) in [4.78, 5) is 4.31. The Morgan fingerprint density at radius 2 is 1.85 bits per heavy atom. The summed E-state index contributed by atoms with van der Waals surface area (Å²) in [6.07, 6.45) is 1.49. The molecule has 0 aliphatic rings. The van der Waals surface area contributed by atoms with E-state index in [-0.39, 0.29) is 11.1 Å². The number of hydrogen-bond donors (Lipinski definition) is 0. The fraction of sp³-hybridized carbons (Fsp3) is 0.167. The van der Waals surface area contributed by atoms with E-state index in [2.05, 4.69) is 11.1 Å². The molecule has 1 heterocycles. The number of nitrogens with zero attached hydrogens (tertiary/aromatic N) is 3. The van der Waals surface area contributed by atoms with Crippen molar-refractivity contribution < 1.29 is 12.3 Å². The predicted molar refractivity (Wildman–Crippen MR) is 110 cm³/mol. The summed E-state index contributed by atoms with van der Waals surface area (Å²) < 4.78 is 73.2. The third kappa shape index (κ3) is 3.11. The smallest absolute Gasteiger partial charge is 0.100 e. The van der Waals surface area contributed by atoms with Crippen LogP contribution in [-0.4, -0.2) is 9.55 Å². The predicted octanol–water partition coefficient (Wildman–Crippen LogP) is 5.86.